The minimum Gasteiger partial charge on any atom is -0.481 e. The van der Waals surface area contributed by atoms with E-state index in [1.165, 1.54) is 6.92 Å². The molecule has 0 aliphatic heterocycles. The van der Waals surface area contributed by atoms with Crippen molar-refractivity contribution in [3.63, 3.8) is 0 Å². The van der Waals surface area contributed by atoms with Crippen LogP contribution in [0.15, 0.2) is 6.07 Å². The molecule has 1 rings (SSSR count). The average molecular weight is 299 g/mol. The van der Waals surface area contributed by atoms with E-state index in [-0.39, 0.29) is 6.61 Å². The monoisotopic (exact) mass is 299 g/mol. The zero-order chi connectivity index (χ0) is 15.5. The SMILES string of the molecule is CCOC(=O)c1cc(OC)nc(C(F)(F)F)c1C(F)F. The number of hydrogen-bond acceptors (Lipinski definition) is 4. The van der Waals surface area contributed by atoms with Crippen molar-refractivity contribution in [1.82, 2.24) is 4.98 Å². The number of halogens is 5. The van der Waals surface area contributed by atoms with Gasteiger partial charge in [-0.15, -0.1) is 0 Å². The fraction of sp³-hybridized carbons (Fsp3) is 0.455. The third-order valence-electron chi connectivity index (χ3n) is 2.23. The highest BCUT2D eigenvalue weighted by Crippen LogP contribution is 2.38. The summed E-state index contributed by atoms with van der Waals surface area (Å²) < 4.78 is 72.9. The number of aromatic nitrogens is 1. The number of hydrogen-bond donors (Lipinski definition) is 0. The molecule has 9 heteroatoms. The first-order valence-electron chi connectivity index (χ1n) is 5.33. The molecular formula is C11H10F5NO3. The van der Waals surface area contributed by atoms with Gasteiger partial charge in [-0.2, -0.15) is 13.2 Å². The molecular weight excluding hydrogens is 289 g/mol. The van der Waals surface area contributed by atoms with Crippen LogP contribution in [0.1, 0.15) is 35.0 Å². The minimum atomic E-state index is -5.15. The quantitative estimate of drug-likeness (QED) is 0.632. The van der Waals surface area contributed by atoms with Crippen LogP contribution in [0.5, 0.6) is 5.88 Å². The first-order valence-corrected chi connectivity index (χ1v) is 5.33. The summed E-state index contributed by atoms with van der Waals surface area (Å²) in [5.74, 6) is -1.90. The second-order valence-corrected chi connectivity index (χ2v) is 3.49. The molecule has 112 valence electrons. The highest BCUT2D eigenvalue weighted by molar-refractivity contribution is 5.92. The van der Waals surface area contributed by atoms with Crippen molar-refractivity contribution in [3.05, 3.63) is 22.9 Å². The molecule has 0 fully saturated rings. The van der Waals surface area contributed by atoms with E-state index in [1.807, 2.05) is 0 Å². The van der Waals surface area contributed by atoms with Gasteiger partial charge in [0.1, 0.15) is 0 Å². The van der Waals surface area contributed by atoms with Crippen LogP contribution in [0.25, 0.3) is 0 Å². The standard InChI is InChI=1S/C11H10F5NO3/c1-3-20-10(18)5-4-6(19-2)17-8(11(14,15)16)7(5)9(12)13/h4,9H,3H2,1-2H3. The fourth-order valence-electron chi connectivity index (χ4n) is 1.45. The van der Waals surface area contributed by atoms with E-state index in [1.54, 1.807) is 0 Å². The Hall–Kier alpha value is -1.93. The lowest BCUT2D eigenvalue weighted by atomic mass is 10.1. The third-order valence-corrected chi connectivity index (χ3v) is 2.23. The molecule has 1 aromatic heterocycles. The van der Waals surface area contributed by atoms with Crippen molar-refractivity contribution in [3.8, 4) is 5.88 Å². The average Bonchev–Trinajstić information content (AvgIpc) is 2.36. The number of carbonyl (C=O) groups is 1. The maximum Gasteiger partial charge on any atom is 0.434 e. The first kappa shape index (κ1) is 16.1. The fourth-order valence-corrected chi connectivity index (χ4v) is 1.45. The molecule has 0 saturated heterocycles. The van der Waals surface area contributed by atoms with Crippen LogP contribution in [-0.2, 0) is 10.9 Å². The van der Waals surface area contributed by atoms with E-state index < -0.39 is 41.3 Å². The van der Waals surface area contributed by atoms with Crippen LogP contribution < -0.4 is 4.74 Å². The number of ether oxygens (including phenoxy) is 2. The largest absolute Gasteiger partial charge is 0.481 e. The number of carbonyl (C=O) groups excluding carboxylic acids is 1. The Morgan fingerprint density at radius 1 is 1.40 bits per heavy atom. The van der Waals surface area contributed by atoms with E-state index in [0.717, 1.165) is 7.11 Å². The number of methoxy groups -OCH3 is 1. The summed E-state index contributed by atoms with van der Waals surface area (Å²) in [5.41, 5.74) is -4.30. The zero-order valence-corrected chi connectivity index (χ0v) is 10.4. The number of rotatable bonds is 4. The van der Waals surface area contributed by atoms with Gasteiger partial charge in [0.25, 0.3) is 6.43 Å². The molecule has 0 unspecified atom stereocenters. The third kappa shape index (κ3) is 3.34. The van der Waals surface area contributed by atoms with E-state index in [0.29, 0.717) is 6.07 Å². The molecule has 0 amide bonds. The normalized spacial score (nSPS) is 11.6. The van der Waals surface area contributed by atoms with Gasteiger partial charge >= 0.3 is 12.1 Å². The molecule has 0 radical (unpaired) electrons. The number of nitrogens with zero attached hydrogens (tertiary/aromatic N) is 1. The molecule has 20 heavy (non-hydrogen) atoms. The van der Waals surface area contributed by atoms with Crippen LogP contribution in [-0.4, -0.2) is 24.7 Å². The second-order valence-electron chi connectivity index (χ2n) is 3.49. The molecule has 0 atom stereocenters. The van der Waals surface area contributed by atoms with Crippen LogP contribution in [0.4, 0.5) is 22.0 Å². The van der Waals surface area contributed by atoms with Crippen molar-refractivity contribution in [2.45, 2.75) is 19.5 Å². The number of pyridine rings is 1. The molecule has 1 heterocycles. The summed E-state index contributed by atoms with van der Waals surface area (Å²) in [5, 5.41) is 0. The lowest BCUT2D eigenvalue weighted by Crippen LogP contribution is -2.18. The zero-order valence-electron chi connectivity index (χ0n) is 10.4. The van der Waals surface area contributed by atoms with Gasteiger partial charge < -0.3 is 9.47 Å². The maximum absolute atomic E-state index is 12.9. The van der Waals surface area contributed by atoms with Gasteiger partial charge in [-0.25, -0.2) is 18.6 Å². The van der Waals surface area contributed by atoms with Crippen LogP contribution >= 0.6 is 0 Å². The summed E-state index contributed by atoms with van der Waals surface area (Å²) in [4.78, 5) is 14.5. The molecule has 0 N–H and O–H groups in total. The molecule has 0 aliphatic rings. The van der Waals surface area contributed by atoms with Crippen LogP contribution in [0, 0.1) is 0 Å². The van der Waals surface area contributed by atoms with Gasteiger partial charge in [-0.3, -0.25) is 0 Å². The molecule has 0 bridgehead atoms. The van der Waals surface area contributed by atoms with E-state index in [2.05, 4.69) is 14.5 Å². The molecule has 4 nitrogen and oxygen atoms in total. The Kier molecular flexibility index (Phi) is 4.85. The Morgan fingerprint density at radius 2 is 2.00 bits per heavy atom. The summed E-state index contributed by atoms with van der Waals surface area (Å²) in [6.07, 6.45) is -8.69. The van der Waals surface area contributed by atoms with Gasteiger partial charge in [-0.1, -0.05) is 0 Å². The van der Waals surface area contributed by atoms with Crippen molar-refractivity contribution < 1.29 is 36.2 Å². The molecule has 0 saturated carbocycles. The lowest BCUT2D eigenvalue weighted by Gasteiger charge is -2.16. The molecule has 0 aromatic carbocycles. The lowest BCUT2D eigenvalue weighted by molar-refractivity contribution is -0.143. The van der Waals surface area contributed by atoms with Crippen LogP contribution in [0.2, 0.25) is 0 Å². The highest BCUT2D eigenvalue weighted by Gasteiger charge is 2.41. The van der Waals surface area contributed by atoms with E-state index >= 15 is 0 Å². The van der Waals surface area contributed by atoms with Gasteiger partial charge in [-0.05, 0) is 6.92 Å². The molecule has 0 aliphatic carbocycles. The Labute approximate surface area is 110 Å². The number of alkyl halides is 5. The van der Waals surface area contributed by atoms with Crippen molar-refractivity contribution in [2.24, 2.45) is 0 Å². The first-order chi connectivity index (χ1) is 9.22. The molecule has 0 spiro atoms. The Morgan fingerprint density at radius 3 is 2.40 bits per heavy atom. The van der Waals surface area contributed by atoms with E-state index in [4.69, 9.17) is 0 Å². The summed E-state index contributed by atoms with van der Waals surface area (Å²) in [6, 6.07) is 0.689. The summed E-state index contributed by atoms with van der Waals surface area (Å²) in [6.45, 7) is 1.22. The summed E-state index contributed by atoms with van der Waals surface area (Å²) >= 11 is 0. The highest BCUT2D eigenvalue weighted by atomic mass is 19.4. The smallest absolute Gasteiger partial charge is 0.434 e. The van der Waals surface area contributed by atoms with Gasteiger partial charge in [0.05, 0.1) is 24.8 Å². The predicted octanol–water partition coefficient (Wildman–Crippen LogP) is 3.22. The predicted molar refractivity (Wildman–Crippen MR) is 56.7 cm³/mol. The minimum absolute atomic E-state index is 0.173. The van der Waals surface area contributed by atoms with Gasteiger partial charge in [0.15, 0.2) is 5.69 Å². The molecule has 1 aromatic rings. The Bertz CT molecular complexity index is 502. The van der Waals surface area contributed by atoms with Crippen molar-refractivity contribution >= 4 is 5.97 Å². The topological polar surface area (TPSA) is 48.4 Å². The van der Waals surface area contributed by atoms with Gasteiger partial charge in [0.2, 0.25) is 5.88 Å². The van der Waals surface area contributed by atoms with E-state index in [9.17, 15) is 26.7 Å². The second kappa shape index (κ2) is 6.02. The summed E-state index contributed by atoms with van der Waals surface area (Å²) in [7, 11) is 0.999. The maximum atomic E-state index is 12.9. The Balaban J connectivity index is 3.59. The van der Waals surface area contributed by atoms with Gasteiger partial charge in [0, 0.05) is 6.07 Å². The van der Waals surface area contributed by atoms with Crippen molar-refractivity contribution in [1.29, 1.82) is 0 Å². The number of esters is 1. The van der Waals surface area contributed by atoms with Crippen LogP contribution in [0.3, 0.4) is 0 Å². The van der Waals surface area contributed by atoms with Crippen molar-refractivity contribution in [2.75, 3.05) is 13.7 Å².